The summed E-state index contributed by atoms with van der Waals surface area (Å²) in [5, 5.41) is 10.7. The molecule has 7 heteroatoms. The summed E-state index contributed by atoms with van der Waals surface area (Å²) in [4.78, 5) is 27.8. The summed E-state index contributed by atoms with van der Waals surface area (Å²) in [5.74, 6) is -0.264. The number of nitrogens with zero attached hydrogens (tertiary/aromatic N) is 3. The van der Waals surface area contributed by atoms with Gasteiger partial charge in [0.15, 0.2) is 0 Å². The third-order valence-corrected chi connectivity index (χ3v) is 3.31. The van der Waals surface area contributed by atoms with Crippen LogP contribution in [0.15, 0.2) is 12.3 Å². The van der Waals surface area contributed by atoms with E-state index in [2.05, 4.69) is 18.8 Å². The van der Waals surface area contributed by atoms with E-state index in [9.17, 15) is 14.9 Å². The van der Waals surface area contributed by atoms with E-state index in [1.165, 1.54) is 6.07 Å². The predicted molar refractivity (Wildman–Crippen MR) is 69.6 cm³/mol. The molecular formula is C12H16N4O3. The van der Waals surface area contributed by atoms with E-state index in [-0.39, 0.29) is 28.4 Å². The van der Waals surface area contributed by atoms with Crippen molar-refractivity contribution in [2.45, 2.75) is 20.3 Å². The van der Waals surface area contributed by atoms with Crippen molar-refractivity contribution in [1.29, 1.82) is 0 Å². The van der Waals surface area contributed by atoms with Gasteiger partial charge in [0.05, 0.1) is 10.5 Å². The maximum Gasteiger partial charge on any atom is 0.288 e. The van der Waals surface area contributed by atoms with Crippen molar-refractivity contribution < 1.29 is 9.72 Å². The van der Waals surface area contributed by atoms with Gasteiger partial charge in [0.2, 0.25) is 0 Å². The first-order valence-corrected chi connectivity index (χ1v) is 5.99. The van der Waals surface area contributed by atoms with Gasteiger partial charge in [-0.3, -0.25) is 14.9 Å². The monoisotopic (exact) mass is 264 g/mol. The first kappa shape index (κ1) is 13.3. The lowest BCUT2D eigenvalue weighted by atomic mass is 9.93. The molecule has 0 bridgehead atoms. The molecule has 0 unspecified atom stereocenters. The summed E-state index contributed by atoms with van der Waals surface area (Å²) < 4.78 is 0. The zero-order chi connectivity index (χ0) is 14.2. The molecule has 0 atom stereocenters. The summed E-state index contributed by atoms with van der Waals surface area (Å²) in [7, 11) is 0. The van der Waals surface area contributed by atoms with Gasteiger partial charge in [-0.1, -0.05) is 13.8 Å². The number of nitro groups is 1. The quantitative estimate of drug-likeness (QED) is 0.643. The molecule has 1 aromatic rings. The molecule has 0 spiro atoms. The van der Waals surface area contributed by atoms with Crippen molar-refractivity contribution >= 4 is 17.4 Å². The molecular weight excluding hydrogens is 248 g/mol. The van der Waals surface area contributed by atoms with Gasteiger partial charge in [0.25, 0.3) is 11.6 Å². The smallest absolute Gasteiger partial charge is 0.288 e. The van der Waals surface area contributed by atoms with Crippen molar-refractivity contribution in [3.8, 4) is 0 Å². The maximum absolute atomic E-state index is 12.3. The number of amides is 1. The van der Waals surface area contributed by atoms with Crippen LogP contribution in [0.2, 0.25) is 0 Å². The fourth-order valence-corrected chi connectivity index (χ4v) is 2.19. The Kier molecular flexibility index (Phi) is 3.13. The van der Waals surface area contributed by atoms with E-state index in [1.807, 2.05) is 0 Å². The number of anilines is 1. The average Bonchev–Trinajstić information content (AvgIpc) is 2.69. The van der Waals surface area contributed by atoms with Gasteiger partial charge in [-0.2, -0.15) is 0 Å². The molecule has 1 aromatic heterocycles. The number of nitrogen functional groups attached to an aromatic ring is 1. The molecule has 0 aromatic carbocycles. The zero-order valence-corrected chi connectivity index (χ0v) is 10.9. The summed E-state index contributed by atoms with van der Waals surface area (Å²) in [6.45, 7) is 5.41. The normalized spacial score (nSPS) is 17.5. The van der Waals surface area contributed by atoms with Crippen LogP contribution in [0.3, 0.4) is 0 Å². The number of rotatable bonds is 2. The van der Waals surface area contributed by atoms with Gasteiger partial charge in [0.1, 0.15) is 12.0 Å². The van der Waals surface area contributed by atoms with E-state index >= 15 is 0 Å². The van der Waals surface area contributed by atoms with Gasteiger partial charge < -0.3 is 10.6 Å². The lowest BCUT2D eigenvalue weighted by molar-refractivity contribution is -0.385. The largest absolute Gasteiger partial charge is 0.383 e. The number of carbonyl (C=O) groups excluding carboxylic acids is 1. The van der Waals surface area contributed by atoms with Crippen LogP contribution in [0.25, 0.3) is 0 Å². The molecule has 2 N–H and O–H groups in total. The Balaban J connectivity index is 2.29. The third kappa shape index (κ3) is 2.64. The second kappa shape index (κ2) is 4.49. The van der Waals surface area contributed by atoms with Gasteiger partial charge in [-0.25, -0.2) is 4.98 Å². The Morgan fingerprint density at radius 2 is 2.26 bits per heavy atom. The first-order valence-electron chi connectivity index (χ1n) is 5.99. The van der Waals surface area contributed by atoms with Gasteiger partial charge in [-0.15, -0.1) is 0 Å². The summed E-state index contributed by atoms with van der Waals surface area (Å²) in [6, 6.07) is 1.19. The van der Waals surface area contributed by atoms with Crippen LogP contribution in [0.1, 0.15) is 30.6 Å². The highest BCUT2D eigenvalue weighted by atomic mass is 16.6. The Hall–Kier alpha value is -2.18. The molecule has 0 radical (unpaired) electrons. The topological polar surface area (TPSA) is 102 Å². The lowest BCUT2D eigenvalue weighted by Gasteiger charge is -2.20. The molecule has 1 fully saturated rings. The lowest BCUT2D eigenvalue weighted by Crippen LogP contribution is -2.31. The fraction of sp³-hybridized carbons (Fsp3) is 0.500. The second-order valence-electron chi connectivity index (χ2n) is 5.52. The van der Waals surface area contributed by atoms with Crippen molar-refractivity contribution in [3.63, 3.8) is 0 Å². The minimum Gasteiger partial charge on any atom is -0.383 e. The van der Waals surface area contributed by atoms with Crippen molar-refractivity contribution in [1.82, 2.24) is 9.88 Å². The minimum atomic E-state index is -0.586. The van der Waals surface area contributed by atoms with E-state index in [4.69, 9.17) is 5.73 Å². The molecule has 0 saturated carbocycles. The van der Waals surface area contributed by atoms with Crippen molar-refractivity contribution in [2.24, 2.45) is 5.41 Å². The number of nitrogens with two attached hydrogens (primary N) is 1. The Morgan fingerprint density at radius 1 is 1.58 bits per heavy atom. The Bertz CT molecular complexity index is 542. The van der Waals surface area contributed by atoms with Crippen LogP contribution in [0.5, 0.6) is 0 Å². The predicted octanol–water partition coefficient (Wildman–Crippen LogP) is 1.44. The minimum absolute atomic E-state index is 0.0281. The average molecular weight is 264 g/mol. The second-order valence-corrected chi connectivity index (χ2v) is 5.52. The summed E-state index contributed by atoms with van der Waals surface area (Å²) >= 11 is 0. The molecule has 7 nitrogen and oxygen atoms in total. The molecule has 1 amide bonds. The van der Waals surface area contributed by atoms with E-state index in [0.717, 1.165) is 12.6 Å². The highest BCUT2D eigenvalue weighted by Crippen LogP contribution is 2.30. The van der Waals surface area contributed by atoms with E-state index < -0.39 is 4.92 Å². The third-order valence-electron chi connectivity index (χ3n) is 3.31. The number of carbonyl (C=O) groups is 1. The Labute approximate surface area is 110 Å². The van der Waals surface area contributed by atoms with Crippen LogP contribution in [-0.4, -0.2) is 33.8 Å². The van der Waals surface area contributed by atoms with Crippen LogP contribution in [-0.2, 0) is 0 Å². The summed E-state index contributed by atoms with van der Waals surface area (Å²) in [6.07, 6.45) is 1.96. The highest BCUT2D eigenvalue weighted by molar-refractivity contribution is 5.99. The molecule has 1 aliphatic heterocycles. The number of pyridine rings is 1. The SMILES string of the molecule is CC1(C)CCN(C(=O)c2cc([N+](=O)[O-])cnc2N)C1. The van der Waals surface area contributed by atoms with Gasteiger partial charge in [0, 0.05) is 19.2 Å². The van der Waals surface area contributed by atoms with E-state index in [1.54, 1.807) is 4.90 Å². The van der Waals surface area contributed by atoms with Crippen LogP contribution in [0, 0.1) is 15.5 Å². The molecule has 1 saturated heterocycles. The van der Waals surface area contributed by atoms with E-state index in [0.29, 0.717) is 13.1 Å². The molecule has 2 heterocycles. The molecule has 2 rings (SSSR count). The van der Waals surface area contributed by atoms with Crippen LogP contribution in [0.4, 0.5) is 11.5 Å². The van der Waals surface area contributed by atoms with Crippen LogP contribution < -0.4 is 5.73 Å². The number of hydrogen-bond acceptors (Lipinski definition) is 5. The zero-order valence-electron chi connectivity index (χ0n) is 10.9. The number of aromatic nitrogens is 1. The summed E-state index contributed by atoms with van der Waals surface area (Å²) in [5.41, 5.74) is 5.59. The van der Waals surface area contributed by atoms with Crippen LogP contribution >= 0.6 is 0 Å². The molecule has 0 aliphatic carbocycles. The van der Waals surface area contributed by atoms with Crippen molar-refractivity contribution in [3.05, 3.63) is 27.9 Å². The highest BCUT2D eigenvalue weighted by Gasteiger charge is 2.33. The van der Waals surface area contributed by atoms with Crippen molar-refractivity contribution in [2.75, 3.05) is 18.8 Å². The van der Waals surface area contributed by atoms with Gasteiger partial charge >= 0.3 is 0 Å². The fourth-order valence-electron chi connectivity index (χ4n) is 2.19. The molecule has 19 heavy (non-hydrogen) atoms. The maximum atomic E-state index is 12.3. The number of likely N-dealkylation sites (tertiary alicyclic amines) is 1. The standard InChI is InChI=1S/C12H16N4O3/c1-12(2)3-4-15(7-12)11(17)9-5-8(16(18)19)6-14-10(9)13/h5-6H,3-4,7H2,1-2H3,(H2,13,14). The Morgan fingerprint density at radius 3 is 2.79 bits per heavy atom. The molecule has 102 valence electrons. The van der Waals surface area contributed by atoms with Gasteiger partial charge in [-0.05, 0) is 11.8 Å². The molecule has 1 aliphatic rings. The number of hydrogen-bond donors (Lipinski definition) is 1. The first-order chi connectivity index (χ1) is 8.80.